The van der Waals surface area contributed by atoms with Crippen molar-refractivity contribution in [1.82, 2.24) is 15.2 Å². The standard InChI is InChI=1S/C14H17F4N3O2/c15-13(16)14(17,18)9-23-11-3-2-10(8-20-11)12(22)21-6-1-4-19-5-7-21/h2-3,8,13,19H,1,4-7,9H2. The second-order valence-electron chi connectivity index (χ2n) is 5.13. The van der Waals surface area contributed by atoms with Crippen LogP contribution in [0.25, 0.3) is 0 Å². The maximum absolute atomic E-state index is 12.8. The van der Waals surface area contributed by atoms with Gasteiger partial charge in [0.15, 0.2) is 6.61 Å². The van der Waals surface area contributed by atoms with Gasteiger partial charge in [-0.2, -0.15) is 8.78 Å². The lowest BCUT2D eigenvalue weighted by atomic mass is 10.2. The van der Waals surface area contributed by atoms with Gasteiger partial charge < -0.3 is 15.0 Å². The third-order valence-electron chi connectivity index (χ3n) is 3.34. The van der Waals surface area contributed by atoms with Gasteiger partial charge in [0.1, 0.15) is 0 Å². The molecule has 2 rings (SSSR count). The molecule has 1 N–H and O–H groups in total. The second kappa shape index (κ2) is 7.58. The summed E-state index contributed by atoms with van der Waals surface area (Å²) in [6.45, 7) is 1.25. The molecule has 1 fully saturated rings. The third kappa shape index (κ3) is 4.78. The van der Waals surface area contributed by atoms with E-state index >= 15 is 0 Å². The molecule has 0 atom stereocenters. The number of hydrogen-bond acceptors (Lipinski definition) is 4. The van der Waals surface area contributed by atoms with Gasteiger partial charge in [0, 0.05) is 31.9 Å². The van der Waals surface area contributed by atoms with Gasteiger partial charge in [0.2, 0.25) is 5.88 Å². The average Bonchev–Trinajstić information content (AvgIpc) is 2.82. The molecule has 9 heteroatoms. The van der Waals surface area contributed by atoms with Crippen LogP contribution in [0, 0.1) is 0 Å². The van der Waals surface area contributed by atoms with Gasteiger partial charge in [-0.15, -0.1) is 0 Å². The normalized spacial score (nSPS) is 16.3. The van der Waals surface area contributed by atoms with Crippen molar-refractivity contribution >= 4 is 5.91 Å². The molecule has 23 heavy (non-hydrogen) atoms. The Bertz CT molecular complexity index is 517. The van der Waals surface area contributed by atoms with Crippen molar-refractivity contribution < 1.29 is 27.1 Å². The van der Waals surface area contributed by atoms with E-state index in [0.717, 1.165) is 13.0 Å². The quantitative estimate of drug-likeness (QED) is 0.834. The Balaban J connectivity index is 1.94. The summed E-state index contributed by atoms with van der Waals surface area (Å²) in [5.41, 5.74) is 0.292. The highest BCUT2D eigenvalue weighted by Gasteiger charge is 2.41. The lowest BCUT2D eigenvalue weighted by Gasteiger charge is -2.20. The minimum absolute atomic E-state index is 0.217. The predicted octanol–water partition coefficient (Wildman–Crippen LogP) is 1.80. The average molecular weight is 335 g/mol. The summed E-state index contributed by atoms with van der Waals surface area (Å²) in [6.07, 6.45) is -1.78. The zero-order chi connectivity index (χ0) is 16.9. The fourth-order valence-electron chi connectivity index (χ4n) is 2.06. The van der Waals surface area contributed by atoms with Crippen molar-refractivity contribution in [2.75, 3.05) is 32.8 Å². The highest BCUT2D eigenvalue weighted by atomic mass is 19.3. The van der Waals surface area contributed by atoms with Crippen molar-refractivity contribution in [3.05, 3.63) is 23.9 Å². The van der Waals surface area contributed by atoms with Gasteiger partial charge in [-0.25, -0.2) is 13.8 Å². The van der Waals surface area contributed by atoms with Crippen LogP contribution in [0.15, 0.2) is 18.3 Å². The van der Waals surface area contributed by atoms with Crippen molar-refractivity contribution in [2.24, 2.45) is 0 Å². The first-order valence-corrected chi connectivity index (χ1v) is 7.15. The number of hydrogen-bond donors (Lipinski definition) is 1. The number of ether oxygens (including phenoxy) is 1. The lowest BCUT2D eigenvalue weighted by molar-refractivity contribution is -0.148. The number of nitrogens with one attached hydrogen (secondary N) is 1. The van der Waals surface area contributed by atoms with Crippen LogP contribution in [-0.2, 0) is 0 Å². The van der Waals surface area contributed by atoms with Crippen molar-refractivity contribution in [2.45, 2.75) is 18.8 Å². The molecule has 2 heterocycles. The molecule has 1 aliphatic rings. The van der Waals surface area contributed by atoms with Crippen LogP contribution in [0.5, 0.6) is 5.88 Å². The van der Waals surface area contributed by atoms with E-state index in [1.807, 2.05) is 0 Å². The summed E-state index contributed by atoms with van der Waals surface area (Å²) in [5, 5.41) is 3.17. The van der Waals surface area contributed by atoms with Crippen LogP contribution in [0.1, 0.15) is 16.8 Å². The number of aromatic nitrogens is 1. The molecule has 0 aliphatic carbocycles. The number of halogens is 4. The topological polar surface area (TPSA) is 54.5 Å². The molecule has 0 spiro atoms. The SMILES string of the molecule is O=C(c1ccc(OCC(F)(F)C(F)F)nc1)N1CCCNCC1. The molecular formula is C14H17F4N3O2. The van der Waals surface area contributed by atoms with Gasteiger partial charge >= 0.3 is 12.3 Å². The monoisotopic (exact) mass is 335 g/mol. The minimum atomic E-state index is -4.24. The second-order valence-corrected chi connectivity index (χ2v) is 5.13. The summed E-state index contributed by atoms with van der Waals surface area (Å²) < 4.78 is 54.1. The molecule has 1 amide bonds. The Morgan fingerprint density at radius 3 is 2.78 bits per heavy atom. The number of amides is 1. The summed E-state index contributed by atoms with van der Waals surface area (Å²) in [7, 11) is 0. The van der Waals surface area contributed by atoms with Crippen LogP contribution in [0.2, 0.25) is 0 Å². The van der Waals surface area contributed by atoms with Crippen molar-refractivity contribution in [1.29, 1.82) is 0 Å². The molecule has 0 radical (unpaired) electrons. The first-order valence-electron chi connectivity index (χ1n) is 7.15. The highest BCUT2D eigenvalue weighted by molar-refractivity contribution is 5.94. The zero-order valence-electron chi connectivity index (χ0n) is 12.3. The Hall–Kier alpha value is -1.90. The summed E-state index contributed by atoms with van der Waals surface area (Å²) in [4.78, 5) is 17.7. The molecule has 0 bridgehead atoms. The molecule has 1 aliphatic heterocycles. The van der Waals surface area contributed by atoms with E-state index in [4.69, 9.17) is 0 Å². The first-order chi connectivity index (χ1) is 10.9. The summed E-state index contributed by atoms with van der Waals surface area (Å²) in [5.74, 6) is -4.69. The first kappa shape index (κ1) is 17.5. The predicted molar refractivity (Wildman–Crippen MR) is 74.1 cm³/mol. The number of alkyl halides is 4. The van der Waals surface area contributed by atoms with Gasteiger partial charge in [0.25, 0.3) is 5.91 Å². The smallest absolute Gasteiger partial charge is 0.340 e. The van der Waals surface area contributed by atoms with Gasteiger partial charge in [-0.1, -0.05) is 0 Å². The summed E-state index contributed by atoms with van der Waals surface area (Å²) in [6, 6.07) is 2.59. The van der Waals surface area contributed by atoms with E-state index in [1.165, 1.54) is 18.3 Å². The molecule has 128 valence electrons. The fourth-order valence-corrected chi connectivity index (χ4v) is 2.06. The number of pyridine rings is 1. The van der Waals surface area contributed by atoms with Crippen LogP contribution in [0.4, 0.5) is 17.6 Å². The molecule has 1 aromatic rings. The van der Waals surface area contributed by atoms with Crippen LogP contribution >= 0.6 is 0 Å². The number of carbonyl (C=O) groups is 1. The third-order valence-corrected chi connectivity index (χ3v) is 3.34. The number of nitrogens with zero attached hydrogens (tertiary/aromatic N) is 2. The van der Waals surface area contributed by atoms with E-state index in [9.17, 15) is 22.4 Å². The van der Waals surface area contributed by atoms with Crippen LogP contribution in [-0.4, -0.2) is 60.9 Å². The number of carbonyl (C=O) groups excluding carboxylic acids is 1. The fraction of sp³-hybridized carbons (Fsp3) is 0.571. The molecule has 0 saturated carbocycles. The largest absolute Gasteiger partial charge is 0.471 e. The van der Waals surface area contributed by atoms with Crippen molar-refractivity contribution in [3.63, 3.8) is 0 Å². The van der Waals surface area contributed by atoms with E-state index in [0.29, 0.717) is 25.2 Å². The highest BCUT2D eigenvalue weighted by Crippen LogP contribution is 2.23. The van der Waals surface area contributed by atoms with Crippen LogP contribution < -0.4 is 10.1 Å². The van der Waals surface area contributed by atoms with Crippen molar-refractivity contribution in [3.8, 4) is 5.88 Å². The minimum Gasteiger partial charge on any atom is -0.471 e. The van der Waals surface area contributed by atoms with E-state index in [2.05, 4.69) is 15.0 Å². The van der Waals surface area contributed by atoms with E-state index in [1.54, 1.807) is 4.90 Å². The van der Waals surface area contributed by atoms with Crippen LogP contribution in [0.3, 0.4) is 0 Å². The molecule has 1 aromatic heterocycles. The maximum atomic E-state index is 12.8. The maximum Gasteiger partial charge on any atom is 0.340 e. The Labute approximate surface area is 130 Å². The van der Waals surface area contributed by atoms with Gasteiger partial charge in [-0.05, 0) is 19.0 Å². The lowest BCUT2D eigenvalue weighted by Crippen LogP contribution is -2.34. The van der Waals surface area contributed by atoms with E-state index in [-0.39, 0.29) is 11.8 Å². The molecule has 1 saturated heterocycles. The van der Waals surface area contributed by atoms with Gasteiger partial charge in [-0.3, -0.25) is 4.79 Å². The molecule has 0 aromatic carbocycles. The van der Waals surface area contributed by atoms with E-state index < -0.39 is 19.0 Å². The molecular weight excluding hydrogens is 318 g/mol. The zero-order valence-corrected chi connectivity index (χ0v) is 12.3. The number of rotatable bonds is 5. The van der Waals surface area contributed by atoms with Gasteiger partial charge in [0.05, 0.1) is 5.56 Å². The Morgan fingerprint density at radius 1 is 1.35 bits per heavy atom. The molecule has 0 unspecified atom stereocenters. The Morgan fingerprint density at radius 2 is 2.13 bits per heavy atom. The molecule has 5 nitrogen and oxygen atoms in total. The Kier molecular flexibility index (Phi) is 5.75. The summed E-state index contributed by atoms with van der Waals surface area (Å²) >= 11 is 0.